The van der Waals surface area contributed by atoms with E-state index in [-0.39, 0.29) is 17.3 Å². The van der Waals surface area contributed by atoms with Crippen LogP contribution in [0.2, 0.25) is 0 Å². The van der Waals surface area contributed by atoms with Gasteiger partial charge in [0.25, 0.3) is 10.0 Å². The van der Waals surface area contributed by atoms with Crippen molar-refractivity contribution >= 4 is 43.5 Å². The summed E-state index contributed by atoms with van der Waals surface area (Å²) in [4.78, 5) is 28.1. The quantitative estimate of drug-likeness (QED) is 0.347. The van der Waals surface area contributed by atoms with Crippen molar-refractivity contribution in [3.63, 3.8) is 0 Å². The third-order valence-corrected chi connectivity index (χ3v) is 8.23. The second-order valence-electron chi connectivity index (χ2n) is 8.78. The Balaban J connectivity index is 1.99. The summed E-state index contributed by atoms with van der Waals surface area (Å²) in [5.74, 6) is -0.774. The Morgan fingerprint density at radius 1 is 0.946 bits per heavy atom. The van der Waals surface area contributed by atoms with Crippen molar-refractivity contribution in [1.82, 2.24) is 10.2 Å². The molecule has 0 heterocycles. The molecule has 0 unspecified atom stereocenters. The highest BCUT2D eigenvalue weighted by Gasteiger charge is 2.32. The Bertz CT molecular complexity index is 1300. The number of amides is 2. The third-order valence-electron chi connectivity index (χ3n) is 5.91. The highest BCUT2D eigenvalue weighted by atomic mass is 79.9. The molecule has 1 atom stereocenters. The van der Waals surface area contributed by atoms with E-state index in [9.17, 15) is 18.0 Å². The zero-order chi connectivity index (χ0) is 27.0. The van der Waals surface area contributed by atoms with Crippen LogP contribution in [-0.4, -0.2) is 44.3 Å². The Morgan fingerprint density at radius 2 is 1.57 bits per heavy atom. The third kappa shape index (κ3) is 7.42. The lowest BCUT2D eigenvalue weighted by Crippen LogP contribution is -2.51. The molecular weight excluding hydrogens is 554 g/mol. The molecule has 196 valence electrons. The second kappa shape index (κ2) is 12.9. The molecule has 37 heavy (non-hydrogen) atoms. The van der Waals surface area contributed by atoms with Gasteiger partial charge in [-0.1, -0.05) is 70.9 Å². The van der Waals surface area contributed by atoms with Crippen LogP contribution in [0.4, 0.5) is 5.69 Å². The molecule has 0 saturated heterocycles. The fraction of sp³-hybridized carbons (Fsp3) is 0.286. The summed E-state index contributed by atoms with van der Waals surface area (Å²) < 4.78 is 29.4. The van der Waals surface area contributed by atoms with E-state index in [1.54, 1.807) is 43.3 Å². The van der Waals surface area contributed by atoms with Crippen LogP contribution in [0.15, 0.2) is 88.2 Å². The molecule has 9 heteroatoms. The zero-order valence-electron chi connectivity index (χ0n) is 21.2. The zero-order valence-corrected chi connectivity index (χ0v) is 23.6. The molecular formula is C28H32BrN3O4S. The van der Waals surface area contributed by atoms with Crippen LogP contribution >= 0.6 is 15.9 Å². The first-order valence-electron chi connectivity index (χ1n) is 12.1. The van der Waals surface area contributed by atoms with E-state index in [1.807, 2.05) is 44.2 Å². The number of hydrogen-bond acceptors (Lipinski definition) is 4. The van der Waals surface area contributed by atoms with E-state index in [2.05, 4.69) is 21.2 Å². The average molecular weight is 587 g/mol. The van der Waals surface area contributed by atoms with Crippen LogP contribution in [0, 0.1) is 6.92 Å². The van der Waals surface area contributed by atoms with Gasteiger partial charge in [0.2, 0.25) is 11.8 Å². The average Bonchev–Trinajstić information content (AvgIpc) is 2.89. The van der Waals surface area contributed by atoms with Gasteiger partial charge in [0.15, 0.2) is 0 Å². The van der Waals surface area contributed by atoms with Crippen molar-refractivity contribution in [2.75, 3.05) is 17.4 Å². The van der Waals surface area contributed by atoms with Gasteiger partial charge in [0, 0.05) is 17.6 Å². The van der Waals surface area contributed by atoms with E-state index in [0.29, 0.717) is 12.2 Å². The van der Waals surface area contributed by atoms with Crippen LogP contribution in [0.25, 0.3) is 0 Å². The molecule has 0 bridgehead atoms. The molecule has 3 rings (SSSR count). The fourth-order valence-corrected chi connectivity index (χ4v) is 5.41. The number of nitrogens with one attached hydrogen (secondary N) is 1. The van der Waals surface area contributed by atoms with Crippen LogP contribution in [0.5, 0.6) is 0 Å². The van der Waals surface area contributed by atoms with E-state index in [1.165, 1.54) is 17.0 Å². The Labute approximate surface area is 227 Å². The summed E-state index contributed by atoms with van der Waals surface area (Å²) in [5, 5.41) is 2.84. The predicted molar refractivity (Wildman–Crippen MR) is 150 cm³/mol. The maximum Gasteiger partial charge on any atom is 0.264 e. The lowest BCUT2D eigenvalue weighted by Gasteiger charge is -2.32. The number of sulfonamides is 1. The normalized spacial score (nSPS) is 12.0. The Kier molecular flexibility index (Phi) is 9.88. The smallest absolute Gasteiger partial charge is 0.264 e. The first-order chi connectivity index (χ1) is 17.6. The number of carbonyl (C=O) groups excluding carboxylic acids is 2. The number of rotatable bonds is 11. The van der Waals surface area contributed by atoms with Crippen molar-refractivity contribution in [2.24, 2.45) is 0 Å². The molecule has 3 aromatic carbocycles. The number of benzene rings is 3. The maximum atomic E-state index is 13.8. The van der Waals surface area contributed by atoms with Gasteiger partial charge in [-0.05, 0) is 62.2 Å². The van der Waals surface area contributed by atoms with Crippen molar-refractivity contribution in [3.05, 3.63) is 94.5 Å². The lowest BCUT2D eigenvalue weighted by atomic mass is 10.1. The van der Waals surface area contributed by atoms with Crippen molar-refractivity contribution in [3.8, 4) is 0 Å². The first kappa shape index (κ1) is 28.4. The van der Waals surface area contributed by atoms with E-state index in [0.717, 1.165) is 26.3 Å². The van der Waals surface area contributed by atoms with E-state index < -0.39 is 28.5 Å². The molecule has 1 N–H and O–H groups in total. The second-order valence-corrected chi connectivity index (χ2v) is 11.6. The largest absolute Gasteiger partial charge is 0.354 e. The highest BCUT2D eigenvalue weighted by molar-refractivity contribution is 9.10. The number of hydrogen-bond donors (Lipinski definition) is 1. The predicted octanol–water partition coefficient (Wildman–Crippen LogP) is 4.90. The summed E-state index contributed by atoms with van der Waals surface area (Å²) >= 11 is 3.38. The van der Waals surface area contributed by atoms with Crippen molar-refractivity contribution in [2.45, 2.75) is 44.7 Å². The van der Waals surface area contributed by atoms with Crippen LogP contribution in [0.1, 0.15) is 31.4 Å². The molecule has 2 amide bonds. The molecule has 0 aromatic heterocycles. The fourth-order valence-electron chi connectivity index (χ4n) is 3.73. The van der Waals surface area contributed by atoms with Gasteiger partial charge in [0.1, 0.15) is 12.6 Å². The van der Waals surface area contributed by atoms with Gasteiger partial charge in [-0.25, -0.2) is 8.42 Å². The topological polar surface area (TPSA) is 86.8 Å². The SMILES string of the molecule is CCCNC(=O)[C@H](C)N(Cc1ccccc1)C(=O)CN(c1ccc(Br)cc1)S(=O)(=O)c1ccc(C)cc1. The standard InChI is InChI=1S/C28H32BrN3O4S/c1-4-18-30-28(34)22(3)31(19-23-8-6-5-7-9-23)27(33)20-32(25-14-12-24(29)13-15-25)37(35,36)26-16-10-21(2)11-17-26/h5-17,22H,4,18-20H2,1-3H3,(H,30,34)/t22-/m0/s1. The molecule has 0 spiro atoms. The van der Waals surface area contributed by atoms with E-state index >= 15 is 0 Å². The van der Waals surface area contributed by atoms with Crippen LogP contribution in [-0.2, 0) is 26.2 Å². The molecule has 0 fully saturated rings. The van der Waals surface area contributed by atoms with Gasteiger partial charge in [-0.15, -0.1) is 0 Å². The minimum atomic E-state index is -4.08. The minimum absolute atomic E-state index is 0.0807. The van der Waals surface area contributed by atoms with Gasteiger partial charge in [0.05, 0.1) is 10.6 Å². The van der Waals surface area contributed by atoms with Crippen molar-refractivity contribution in [1.29, 1.82) is 0 Å². The molecule has 0 radical (unpaired) electrons. The number of aryl methyl sites for hydroxylation is 1. The summed E-state index contributed by atoms with van der Waals surface area (Å²) in [6.07, 6.45) is 0.761. The van der Waals surface area contributed by atoms with Crippen LogP contribution < -0.4 is 9.62 Å². The lowest BCUT2D eigenvalue weighted by molar-refractivity contribution is -0.139. The number of nitrogens with zero attached hydrogens (tertiary/aromatic N) is 2. The van der Waals surface area contributed by atoms with Gasteiger partial charge < -0.3 is 10.2 Å². The summed E-state index contributed by atoms with van der Waals surface area (Å²) in [7, 11) is -4.08. The molecule has 0 aliphatic heterocycles. The molecule has 0 saturated carbocycles. The highest BCUT2D eigenvalue weighted by Crippen LogP contribution is 2.26. The number of carbonyl (C=O) groups is 2. The first-order valence-corrected chi connectivity index (χ1v) is 14.3. The summed E-state index contributed by atoms with van der Waals surface area (Å²) in [5.41, 5.74) is 2.11. The van der Waals surface area contributed by atoms with E-state index in [4.69, 9.17) is 0 Å². The monoisotopic (exact) mass is 585 g/mol. The molecule has 3 aromatic rings. The number of anilines is 1. The Hall–Kier alpha value is -3.17. The van der Waals surface area contributed by atoms with Crippen molar-refractivity contribution < 1.29 is 18.0 Å². The van der Waals surface area contributed by atoms with Gasteiger partial charge in [-0.2, -0.15) is 0 Å². The molecule has 0 aliphatic rings. The molecule has 0 aliphatic carbocycles. The molecule has 7 nitrogen and oxygen atoms in total. The minimum Gasteiger partial charge on any atom is -0.354 e. The maximum absolute atomic E-state index is 13.8. The number of halogens is 1. The van der Waals surface area contributed by atoms with Gasteiger partial charge in [-0.3, -0.25) is 13.9 Å². The van der Waals surface area contributed by atoms with Crippen LogP contribution in [0.3, 0.4) is 0 Å². The summed E-state index contributed by atoms with van der Waals surface area (Å²) in [6.45, 7) is 5.67. The van der Waals surface area contributed by atoms with Gasteiger partial charge >= 0.3 is 0 Å². The Morgan fingerprint density at radius 3 is 2.16 bits per heavy atom. The summed E-state index contributed by atoms with van der Waals surface area (Å²) in [6, 6.07) is 21.7.